The third-order valence-electron chi connectivity index (χ3n) is 3.55. The molecule has 0 amide bonds. The Kier molecular flexibility index (Phi) is 7.57. The van der Waals surface area contributed by atoms with Gasteiger partial charge >= 0.3 is 0 Å². The third kappa shape index (κ3) is 6.38. The van der Waals surface area contributed by atoms with Crippen LogP contribution in [-0.4, -0.2) is 19.8 Å². The average Bonchev–Trinajstić information content (AvgIpc) is 2.58. The van der Waals surface area contributed by atoms with Crippen molar-refractivity contribution in [3.05, 3.63) is 65.5 Å². The summed E-state index contributed by atoms with van der Waals surface area (Å²) >= 11 is 0. The maximum atomic E-state index is 12.9. The molecule has 0 saturated heterocycles. The highest BCUT2D eigenvalue weighted by molar-refractivity contribution is 5.32. The van der Waals surface area contributed by atoms with Crippen LogP contribution in [0.3, 0.4) is 0 Å². The minimum atomic E-state index is -0.226. The SMILES string of the molecule is CCOCCC[NH2+]Cc1ccccc1OCc1ccc(F)cc1. The van der Waals surface area contributed by atoms with Gasteiger partial charge in [0.25, 0.3) is 0 Å². The van der Waals surface area contributed by atoms with Gasteiger partial charge in [-0.3, -0.25) is 0 Å². The van der Waals surface area contributed by atoms with Gasteiger partial charge < -0.3 is 14.8 Å². The maximum Gasteiger partial charge on any atom is 0.128 e. The van der Waals surface area contributed by atoms with Crippen molar-refractivity contribution >= 4 is 0 Å². The maximum absolute atomic E-state index is 12.9. The van der Waals surface area contributed by atoms with Gasteiger partial charge in [-0.05, 0) is 36.8 Å². The molecule has 0 atom stereocenters. The molecule has 3 nitrogen and oxygen atoms in total. The number of nitrogens with two attached hydrogens (primary N) is 1. The van der Waals surface area contributed by atoms with Crippen LogP contribution in [0.15, 0.2) is 48.5 Å². The Morgan fingerprint density at radius 1 is 1.04 bits per heavy atom. The molecule has 0 aliphatic heterocycles. The summed E-state index contributed by atoms with van der Waals surface area (Å²) in [6.45, 7) is 5.97. The molecular weight excluding hydrogens is 293 g/mol. The molecule has 0 unspecified atom stereocenters. The van der Waals surface area contributed by atoms with E-state index in [1.807, 2.05) is 25.1 Å². The molecule has 0 spiro atoms. The van der Waals surface area contributed by atoms with Crippen LogP contribution >= 0.6 is 0 Å². The Morgan fingerprint density at radius 2 is 1.83 bits per heavy atom. The molecule has 2 aromatic rings. The largest absolute Gasteiger partial charge is 0.488 e. The number of ether oxygens (including phenoxy) is 2. The molecule has 2 N–H and O–H groups in total. The fourth-order valence-electron chi connectivity index (χ4n) is 2.29. The first kappa shape index (κ1) is 17.4. The van der Waals surface area contributed by atoms with Crippen LogP contribution in [-0.2, 0) is 17.9 Å². The Bertz CT molecular complexity index is 572. The summed E-state index contributed by atoms with van der Waals surface area (Å²) < 4.78 is 24.1. The summed E-state index contributed by atoms with van der Waals surface area (Å²) in [6.07, 6.45) is 1.05. The molecule has 2 rings (SSSR count). The van der Waals surface area contributed by atoms with Crippen LogP contribution in [0.4, 0.5) is 4.39 Å². The van der Waals surface area contributed by atoms with E-state index in [-0.39, 0.29) is 5.82 Å². The van der Waals surface area contributed by atoms with E-state index in [4.69, 9.17) is 9.47 Å². The third-order valence-corrected chi connectivity index (χ3v) is 3.55. The van der Waals surface area contributed by atoms with Gasteiger partial charge in [0.05, 0.1) is 13.2 Å². The minimum Gasteiger partial charge on any atom is -0.488 e. The van der Waals surface area contributed by atoms with Crippen molar-refractivity contribution in [3.8, 4) is 5.75 Å². The second-order valence-corrected chi connectivity index (χ2v) is 5.35. The zero-order valence-corrected chi connectivity index (χ0v) is 13.6. The molecule has 0 aromatic heterocycles. The predicted molar refractivity (Wildman–Crippen MR) is 88.8 cm³/mol. The van der Waals surface area contributed by atoms with Crippen LogP contribution in [0.2, 0.25) is 0 Å². The van der Waals surface area contributed by atoms with E-state index in [1.165, 1.54) is 17.7 Å². The van der Waals surface area contributed by atoms with Crippen LogP contribution in [0, 0.1) is 5.82 Å². The second kappa shape index (κ2) is 9.98. The zero-order valence-electron chi connectivity index (χ0n) is 13.6. The van der Waals surface area contributed by atoms with Gasteiger partial charge in [-0.15, -0.1) is 0 Å². The Morgan fingerprint density at radius 3 is 2.61 bits per heavy atom. The van der Waals surface area contributed by atoms with Crippen molar-refractivity contribution in [2.75, 3.05) is 19.8 Å². The van der Waals surface area contributed by atoms with E-state index in [0.29, 0.717) is 6.61 Å². The van der Waals surface area contributed by atoms with Gasteiger partial charge in [-0.25, -0.2) is 4.39 Å². The molecule has 0 saturated carbocycles. The number of quaternary nitrogens is 1. The van der Waals surface area contributed by atoms with Gasteiger partial charge in [0.15, 0.2) is 0 Å². The number of benzene rings is 2. The van der Waals surface area contributed by atoms with Crippen LogP contribution in [0.25, 0.3) is 0 Å². The van der Waals surface area contributed by atoms with Gasteiger partial charge in [0.1, 0.15) is 24.7 Å². The van der Waals surface area contributed by atoms with E-state index in [2.05, 4.69) is 11.4 Å². The van der Waals surface area contributed by atoms with Crippen molar-refractivity contribution in [2.24, 2.45) is 0 Å². The van der Waals surface area contributed by atoms with Crippen molar-refractivity contribution in [1.82, 2.24) is 0 Å². The number of para-hydroxylation sites is 1. The first-order chi connectivity index (χ1) is 11.3. The fourth-order valence-corrected chi connectivity index (χ4v) is 2.29. The lowest BCUT2D eigenvalue weighted by atomic mass is 10.2. The number of halogens is 1. The van der Waals surface area contributed by atoms with Crippen molar-refractivity contribution in [2.45, 2.75) is 26.5 Å². The molecule has 0 aliphatic rings. The topological polar surface area (TPSA) is 35.1 Å². The van der Waals surface area contributed by atoms with Crippen LogP contribution in [0.1, 0.15) is 24.5 Å². The Hall–Kier alpha value is -1.91. The lowest BCUT2D eigenvalue weighted by Gasteiger charge is -2.11. The molecule has 0 bridgehead atoms. The first-order valence-corrected chi connectivity index (χ1v) is 8.14. The highest BCUT2D eigenvalue weighted by Crippen LogP contribution is 2.18. The fraction of sp³-hybridized carbons (Fsp3) is 0.368. The summed E-state index contributed by atoms with van der Waals surface area (Å²) in [7, 11) is 0. The monoisotopic (exact) mass is 318 g/mol. The minimum absolute atomic E-state index is 0.226. The molecule has 0 fully saturated rings. The lowest BCUT2D eigenvalue weighted by Crippen LogP contribution is -2.82. The molecule has 124 valence electrons. The molecule has 2 aromatic carbocycles. The second-order valence-electron chi connectivity index (χ2n) is 5.35. The standard InChI is InChI=1S/C19H24FNO2/c1-2-22-13-5-12-21-14-17-6-3-4-7-19(17)23-15-16-8-10-18(20)11-9-16/h3-4,6-11,21H,2,5,12-15H2,1H3/p+1. The number of hydrogen-bond donors (Lipinski definition) is 1. The summed E-state index contributed by atoms with van der Waals surface area (Å²) in [5.74, 6) is 0.661. The van der Waals surface area contributed by atoms with E-state index in [1.54, 1.807) is 12.1 Å². The normalized spacial score (nSPS) is 10.7. The number of rotatable bonds is 10. The quantitative estimate of drug-likeness (QED) is 0.684. The molecule has 4 heteroatoms. The van der Waals surface area contributed by atoms with Crippen molar-refractivity contribution < 1.29 is 19.2 Å². The molecule has 0 radical (unpaired) electrons. The highest BCUT2D eigenvalue weighted by Gasteiger charge is 2.05. The summed E-state index contributed by atoms with van der Waals surface area (Å²) in [5, 5.41) is 2.26. The molecular formula is C19H25FNO2+. The molecule has 0 aliphatic carbocycles. The van der Waals surface area contributed by atoms with E-state index in [0.717, 1.165) is 44.0 Å². The van der Waals surface area contributed by atoms with Gasteiger partial charge in [-0.1, -0.05) is 24.3 Å². The smallest absolute Gasteiger partial charge is 0.128 e. The van der Waals surface area contributed by atoms with Gasteiger partial charge in [0.2, 0.25) is 0 Å². The Balaban J connectivity index is 1.81. The predicted octanol–water partition coefficient (Wildman–Crippen LogP) is 2.89. The first-order valence-electron chi connectivity index (χ1n) is 8.14. The molecule has 23 heavy (non-hydrogen) atoms. The van der Waals surface area contributed by atoms with Crippen molar-refractivity contribution in [1.29, 1.82) is 0 Å². The Labute approximate surface area is 137 Å². The van der Waals surface area contributed by atoms with E-state index >= 15 is 0 Å². The van der Waals surface area contributed by atoms with Gasteiger partial charge in [0, 0.05) is 18.6 Å². The van der Waals surface area contributed by atoms with E-state index in [9.17, 15) is 4.39 Å². The average molecular weight is 318 g/mol. The lowest BCUT2D eigenvalue weighted by molar-refractivity contribution is -0.671. The summed E-state index contributed by atoms with van der Waals surface area (Å²) in [6, 6.07) is 14.5. The summed E-state index contributed by atoms with van der Waals surface area (Å²) in [5.41, 5.74) is 2.13. The van der Waals surface area contributed by atoms with Crippen molar-refractivity contribution in [3.63, 3.8) is 0 Å². The van der Waals surface area contributed by atoms with Crippen LogP contribution in [0.5, 0.6) is 5.75 Å². The van der Waals surface area contributed by atoms with E-state index < -0.39 is 0 Å². The zero-order chi connectivity index (χ0) is 16.3. The highest BCUT2D eigenvalue weighted by atomic mass is 19.1. The van der Waals surface area contributed by atoms with Crippen LogP contribution < -0.4 is 10.1 Å². The number of hydrogen-bond acceptors (Lipinski definition) is 2. The van der Waals surface area contributed by atoms with Gasteiger partial charge in [-0.2, -0.15) is 0 Å². The molecule has 0 heterocycles. The summed E-state index contributed by atoms with van der Waals surface area (Å²) in [4.78, 5) is 0.